The second kappa shape index (κ2) is 5.72. The molecule has 8 nitrogen and oxygen atoms in total. The Bertz CT molecular complexity index is 649. The molecule has 1 saturated heterocycles. The molecule has 3 atom stereocenters. The molecular weight excluding hydrogens is 298 g/mol. The van der Waals surface area contributed by atoms with Crippen molar-refractivity contribution in [2.24, 2.45) is 0 Å². The third-order valence-electron chi connectivity index (χ3n) is 3.52. The van der Waals surface area contributed by atoms with Crippen LogP contribution in [0.5, 0.6) is 0 Å². The molecule has 1 aliphatic heterocycles. The number of rotatable bonds is 4. The van der Waals surface area contributed by atoms with Crippen LogP contribution in [0.1, 0.15) is 12.6 Å². The first-order chi connectivity index (χ1) is 10.1. The molecule has 21 heavy (non-hydrogen) atoms. The molecule has 2 aromatic rings. The molecule has 1 fully saturated rings. The van der Waals surface area contributed by atoms with Crippen molar-refractivity contribution in [1.82, 2.24) is 19.5 Å². The van der Waals surface area contributed by atoms with E-state index in [9.17, 15) is 0 Å². The van der Waals surface area contributed by atoms with Gasteiger partial charge in [-0.15, -0.1) is 0 Å². The summed E-state index contributed by atoms with van der Waals surface area (Å²) in [5.74, 6) is 0.101. The molecule has 0 bridgehead atoms. The lowest BCUT2D eigenvalue weighted by molar-refractivity contribution is -0.0597. The Kier molecular flexibility index (Phi) is 3.94. The number of nitrogens with two attached hydrogens (primary N) is 1. The predicted molar refractivity (Wildman–Crippen MR) is 75.9 cm³/mol. The number of anilines is 1. The average molecular weight is 314 g/mol. The summed E-state index contributed by atoms with van der Waals surface area (Å²) < 4.78 is 18.4. The third-order valence-corrected chi connectivity index (χ3v) is 3.78. The summed E-state index contributed by atoms with van der Waals surface area (Å²) >= 11 is 6.02. The number of methoxy groups -OCH3 is 2. The monoisotopic (exact) mass is 313 g/mol. The Morgan fingerprint density at radius 3 is 3.00 bits per heavy atom. The lowest BCUT2D eigenvalue weighted by atomic mass is 10.2. The van der Waals surface area contributed by atoms with Gasteiger partial charge in [-0.05, 0) is 0 Å². The zero-order valence-corrected chi connectivity index (χ0v) is 12.4. The smallest absolute Gasteiger partial charge is 0.223 e. The van der Waals surface area contributed by atoms with Crippen LogP contribution in [0.4, 0.5) is 5.95 Å². The van der Waals surface area contributed by atoms with Crippen molar-refractivity contribution < 1.29 is 14.2 Å². The molecule has 0 unspecified atom stereocenters. The van der Waals surface area contributed by atoms with E-state index in [1.807, 2.05) is 0 Å². The summed E-state index contributed by atoms with van der Waals surface area (Å²) in [7, 11) is 3.28. The minimum absolute atomic E-state index is 0.0537. The van der Waals surface area contributed by atoms with E-state index in [1.54, 1.807) is 25.1 Å². The summed E-state index contributed by atoms with van der Waals surface area (Å²) in [4.78, 5) is 12.3. The van der Waals surface area contributed by atoms with Gasteiger partial charge in [-0.3, -0.25) is 4.57 Å². The predicted octanol–water partition coefficient (Wildman–Crippen LogP) is 1.01. The van der Waals surface area contributed by atoms with E-state index < -0.39 is 0 Å². The van der Waals surface area contributed by atoms with E-state index in [1.165, 1.54) is 0 Å². The standard InChI is InChI=1S/C12H16ClN5O3/c1-19-4-7-6(20-2)3-8(21-7)18-5-15-9-10(13)16-12(14)17-11(9)18/h5-8H,3-4H2,1-2H3,(H2,14,16,17)/t6-,7-,8-/m1/s1. The molecule has 0 saturated carbocycles. The first kappa shape index (κ1) is 14.5. The highest BCUT2D eigenvalue weighted by atomic mass is 35.5. The summed E-state index contributed by atoms with van der Waals surface area (Å²) in [6.07, 6.45) is 1.83. The maximum absolute atomic E-state index is 6.02. The van der Waals surface area contributed by atoms with Crippen molar-refractivity contribution in [3.63, 3.8) is 0 Å². The Morgan fingerprint density at radius 1 is 1.48 bits per heavy atom. The van der Waals surface area contributed by atoms with Gasteiger partial charge in [0.2, 0.25) is 5.95 Å². The first-order valence-corrected chi connectivity index (χ1v) is 6.84. The number of aromatic nitrogens is 4. The maximum atomic E-state index is 6.02. The van der Waals surface area contributed by atoms with Crippen molar-refractivity contribution >= 4 is 28.7 Å². The van der Waals surface area contributed by atoms with E-state index >= 15 is 0 Å². The van der Waals surface area contributed by atoms with Crippen LogP contribution in [0.15, 0.2) is 6.33 Å². The molecule has 114 valence electrons. The van der Waals surface area contributed by atoms with Gasteiger partial charge in [-0.2, -0.15) is 9.97 Å². The van der Waals surface area contributed by atoms with Crippen molar-refractivity contribution in [3.8, 4) is 0 Å². The first-order valence-electron chi connectivity index (χ1n) is 6.46. The molecule has 0 aliphatic carbocycles. The number of fused-ring (bicyclic) bond motifs is 1. The van der Waals surface area contributed by atoms with Gasteiger partial charge in [-0.1, -0.05) is 11.6 Å². The van der Waals surface area contributed by atoms with Gasteiger partial charge in [0.25, 0.3) is 0 Å². The van der Waals surface area contributed by atoms with Crippen molar-refractivity contribution in [2.75, 3.05) is 26.6 Å². The minimum Gasteiger partial charge on any atom is -0.382 e. The number of halogens is 1. The number of nitrogen functional groups attached to an aromatic ring is 1. The van der Waals surface area contributed by atoms with E-state index in [0.717, 1.165) is 0 Å². The van der Waals surface area contributed by atoms with Gasteiger partial charge < -0.3 is 19.9 Å². The topological polar surface area (TPSA) is 97.3 Å². The number of hydrogen-bond donors (Lipinski definition) is 1. The molecule has 1 aliphatic rings. The number of hydrogen-bond acceptors (Lipinski definition) is 7. The molecule has 0 amide bonds. The fourth-order valence-corrected chi connectivity index (χ4v) is 2.76. The molecule has 2 aromatic heterocycles. The highest BCUT2D eigenvalue weighted by molar-refractivity contribution is 6.33. The van der Waals surface area contributed by atoms with E-state index in [0.29, 0.717) is 24.2 Å². The van der Waals surface area contributed by atoms with Crippen LogP contribution in [-0.2, 0) is 14.2 Å². The van der Waals surface area contributed by atoms with Gasteiger partial charge >= 0.3 is 0 Å². The average Bonchev–Trinajstić information content (AvgIpc) is 3.02. The van der Waals surface area contributed by atoms with Crippen LogP contribution in [-0.4, -0.2) is 52.6 Å². The molecule has 3 heterocycles. The lowest BCUT2D eigenvalue weighted by Crippen LogP contribution is -2.27. The summed E-state index contributed by atoms with van der Waals surface area (Å²) in [6, 6.07) is 0. The summed E-state index contributed by atoms with van der Waals surface area (Å²) in [5, 5.41) is 0.228. The van der Waals surface area contributed by atoms with Crippen LogP contribution in [0.3, 0.4) is 0 Å². The Morgan fingerprint density at radius 2 is 2.29 bits per heavy atom. The lowest BCUT2D eigenvalue weighted by Gasteiger charge is -2.16. The molecule has 3 rings (SSSR count). The Labute approximate surface area is 126 Å². The molecular formula is C12H16ClN5O3. The normalized spacial score (nSPS) is 25.8. The van der Waals surface area contributed by atoms with Gasteiger partial charge in [0.1, 0.15) is 17.8 Å². The fourth-order valence-electron chi connectivity index (χ4n) is 2.54. The van der Waals surface area contributed by atoms with Gasteiger partial charge in [0, 0.05) is 20.6 Å². The summed E-state index contributed by atoms with van der Waals surface area (Å²) in [5.41, 5.74) is 6.69. The number of imidazole rings is 1. The Balaban J connectivity index is 1.94. The third kappa shape index (κ3) is 2.55. The van der Waals surface area contributed by atoms with Crippen molar-refractivity contribution in [3.05, 3.63) is 11.5 Å². The van der Waals surface area contributed by atoms with Crippen molar-refractivity contribution in [1.29, 1.82) is 0 Å². The zero-order valence-electron chi connectivity index (χ0n) is 11.7. The molecule has 2 N–H and O–H groups in total. The van der Waals surface area contributed by atoms with Crippen LogP contribution in [0.25, 0.3) is 11.2 Å². The van der Waals surface area contributed by atoms with Crippen LogP contribution < -0.4 is 5.73 Å². The van der Waals surface area contributed by atoms with Crippen LogP contribution >= 0.6 is 11.6 Å². The largest absolute Gasteiger partial charge is 0.382 e. The minimum atomic E-state index is -0.259. The fraction of sp³-hybridized carbons (Fsp3) is 0.583. The maximum Gasteiger partial charge on any atom is 0.223 e. The van der Waals surface area contributed by atoms with Crippen LogP contribution in [0, 0.1) is 0 Å². The highest BCUT2D eigenvalue weighted by Crippen LogP contribution is 2.33. The summed E-state index contributed by atoms with van der Waals surface area (Å²) in [6.45, 7) is 0.458. The zero-order chi connectivity index (χ0) is 15.0. The van der Waals surface area contributed by atoms with Gasteiger partial charge in [0.15, 0.2) is 10.8 Å². The van der Waals surface area contributed by atoms with Crippen LogP contribution in [0.2, 0.25) is 5.15 Å². The van der Waals surface area contributed by atoms with Gasteiger partial charge in [-0.25, -0.2) is 4.98 Å². The molecule has 0 radical (unpaired) electrons. The Hall–Kier alpha value is -1.48. The van der Waals surface area contributed by atoms with E-state index in [4.69, 9.17) is 31.5 Å². The second-order valence-electron chi connectivity index (χ2n) is 4.79. The van der Waals surface area contributed by atoms with Crippen molar-refractivity contribution in [2.45, 2.75) is 24.9 Å². The quantitative estimate of drug-likeness (QED) is 0.841. The SMILES string of the molecule is COC[C@H]1O[C@@H](n2cnc3c(Cl)nc(N)nc32)C[C@H]1OC. The van der Waals surface area contributed by atoms with E-state index in [-0.39, 0.29) is 29.5 Å². The van der Waals surface area contributed by atoms with Gasteiger partial charge in [0.05, 0.1) is 19.0 Å². The number of nitrogens with zero attached hydrogens (tertiary/aromatic N) is 4. The molecule has 0 spiro atoms. The molecule has 9 heteroatoms. The van der Waals surface area contributed by atoms with E-state index in [2.05, 4.69) is 15.0 Å². The second-order valence-corrected chi connectivity index (χ2v) is 5.15. The highest BCUT2D eigenvalue weighted by Gasteiger charge is 2.37. The number of ether oxygens (including phenoxy) is 3. The molecule has 0 aromatic carbocycles.